The molecule has 0 saturated carbocycles. The van der Waals surface area contributed by atoms with Crippen molar-refractivity contribution in [1.82, 2.24) is 0 Å². The highest BCUT2D eigenvalue weighted by Crippen LogP contribution is 2.35. The summed E-state index contributed by atoms with van der Waals surface area (Å²) in [6.45, 7) is 9.00. The zero-order valence-corrected chi connectivity index (χ0v) is 18.8. The van der Waals surface area contributed by atoms with Crippen LogP contribution in [0.15, 0.2) is 46.2 Å². The topological polar surface area (TPSA) is 0 Å². The summed E-state index contributed by atoms with van der Waals surface area (Å²) in [4.78, 5) is 2.91. The highest BCUT2D eigenvalue weighted by atomic mass is 32.2. The first kappa shape index (κ1) is 22.1. The summed E-state index contributed by atoms with van der Waals surface area (Å²) in [6.07, 6.45) is 13.1. The fourth-order valence-electron chi connectivity index (χ4n) is 3.61. The zero-order chi connectivity index (χ0) is 19.5. The third-order valence-corrected chi connectivity index (χ3v) is 6.49. The second-order valence-electron chi connectivity index (χ2n) is 7.95. The average molecular weight is 383 g/mol. The second kappa shape index (κ2) is 12.3. The maximum Gasteiger partial charge on any atom is 0.0154 e. The van der Waals surface area contributed by atoms with Crippen molar-refractivity contribution in [3.05, 3.63) is 58.7 Å². The minimum absolute atomic E-state index is 1.21. The Kier molecular flexibility index (Phi) is 10.1. The maximum atomic E-state index is 2.41. The summed E-state index contributed by atoms with van der Waals surface area (Å²) in [6, 6.07) is 14.0. The van der Waals surface area contributed by atoms with E-state index in [-0.39, 0.29) is 0 Å². The van der Waals surface area contributed by atoms with E-state index in [4.69, 9.17) is 0 Å². The molecule has 0 bridgehead atoms. The molecule has 0 heterocycles. The van der Waals surface area contributed by atoms with Gasteiger partial charge in [-0.2, -0.15) is 0 Å². The van der Waals surface area contributed by atoms with Gasteiger partial charge in [-0.25, -0.2) is 0 Å². The molecule has 0 aliphatic rings. The monoisotopic (exact) mass is 382 g/mol. The van der Waals surface area contributed by atoms with Crippen molar-refractivity contribution in [2.45, 2.75) is 102 Å². The van der Waals surface area contributed by atoms with Crippen molar-refractivity contribution in [2.24, 2.45) is 0 Å². The summed E-state index contributed by atoms with van der Waals surface area (Å²) >= 11 is 1.99. The predicted octanol–water partition coefficient (Wildman–Crippen LogP) is 8.70. The van der Waals surface area contributed by atoms with Crippen molar-refractivity contribution in [1.29, 1.82) is 0 Å². The molecule has 0 nitrogen and oxygen atoms in total. The average Bonchev–Trinajstić information content (AvgIpc) is 2.66. The fourth-order valence-corrected chi connectivity index (χ4v) is 4.70. The number of rotatable bonds is 12. The van der Waals surface area contributed by atoms with Crippen LogP contribution in [0.4, 0.5) is 0 Å². The number of hydrogen-bond donors (Lipinski definition) is 0. The first-order valence-electron chi connectivity index (χ1n) is 11.0. The van der Waals surface area contributed by atoms with Crippen LogP contribution >= 0.6 is 11.8 Å². The van der Waals surface area contributed by atoms with E-state index in [1.807, 2.05) is 11.8 Å². The van der Waals surface area contributed by atoms with Gasteiger partial charge in [0.25, 0.3) is 0 Å². The molecule has 2 aromatic carbocycles. The van der Waals surface area contributed by atoms with Gasteiger partial charge in [0.2, 0.25) is 0 Å². The molecule has 2 rings (SSSR count). The minimum Gasteiger partial charge on any atom is -0.0895 e. The molecule has 0 radical (unpaired) electrons. The predicted molar refractivity (Wildman–Crippen MR) is 122 cm³/mol. The first-order valence-corrected chi connectivity index (χ1v) is 11.8. The van der Waals surface area contributed by atoms with E-state index in [1.165, 1.54) is 96.3 Å². The molecule has 2 aromatic rings. The van der Waals surface area contributed by atoms with Crippen molar-refractivity contribution >= 4 is 11.8 Å². The Bertz CT molecular complexity index is 627. The molecular weight excluding hydrogens is 344 g/mol. The number of benzene rings is 2. The summed E-state index contributed by atoms with van der Waals surface area (Å²) in [7, 11) is 0. The highest BCUT2D eigenvalue weighted by molar-refractivity contribution is 7.99. The quantitative estimate of drug-likeness (QED) is 0.331. The van der Waals surface area contributed by atoms with Gasteiger partial charge in [-0.1, -0.05) is 99.5 Å². The number of aryl methyl sites for hydroxylation is 4. The van der Waals surface area contributed by atoms with E-state index in [9.17, 15) is 0 Å². The van der Waals surface area contributed by atoms with Crippen LogP contribution < -0.4 is 0 Å². The van der Waals surface area contributed by atoms with Gasteiger partial charge < -0.3 is 0 Å². The van der Waals surface area contributed by atoms with E-state index in [2.05, 4.69) is 64.1 Å². The SMILES string of the molecule is CCCCCCc1cc(C)ccc1Sc1ccc(C)cc1CCCCCC. The van der Waals surface area contributed by atoms with Crippen LogP contribution in [0.5, 0.6) is 0 Å². The van der Waals surface area contributed by atoms with Crippen molar-refractivity contribution < 1.29 is 0 Å². The van der Waals surface area contributed by atoms with Crippen LogP contribution in [0.2, 0.25) is 0 Å². The Hall–Kier alpha value is -1.21. The van der Waals surface area contributed by atoms with E-state index in [0.29, 0.717) is 0 Å². The number of unbranched alkanes of at least 4 members (excludes halogenated alkanes) is 6. The molecule has 0 amide bonds. The van der Waals surface area contributed by atoms with E-state index in [1.54, 1.807) is 0 Å². The Morgan fingerprint density at radius 2 is 1.04 bits per heavy atom. The molecule has 27 heavy (non-hydrogen) atoms. The van der Waals surface area contributed by atoms with Crippen LogP contribution in [-0.2, 0) is 12.8 Å². The molecule has 0 saturated heterocycles. The largest absolute Gasteiger partial charge is 0.0895 e. The lowest BCUT2D eigenvalue weighted by molar-refractivity contribution is 0.662. The van der Waals surface area contributed by atoms with Gasteiger partial charge >= 0.3 is 0 Å². The molecule has 148 valence electrons. The third kappa shape index (κ3) is 7.74. The van der Waals surface area contributed by atoms with E-state index < -0.39 is 0 Å². The van der Waals surface area contributed by atoms with Gasteiger partial charge in [0.1, 0.15) is 0 Å². The zero-order valence-electron chi connectivity index (χ0n) is 17.9. The van der Waals surface area contributed by atoms with Gasteiger partial charge in [-0.3, -0.25) is 0 Å². The molecule has 0 N–H and O–H groups in total. The summed E-state index contributed by atoms with van der Waals surface area (Å²) in [5, 5.41) is 0. The summed E-state index contributed by atoms with van der Waals surface area (Å²) < 4.78 is 0. The molecular formula is C26H38S. The number of hydrogen-bond acceptors (Lipinski definition) is 1. The Balaban J connectivity index is 2.13. The molecule has 0 aliphatic heterocycles. The Morgan fingerprint density at radius 1 is 0.593 bits per heavy atom. The van der Waals surface area contributed by atoms with Crippen LogP contribution in [0.1, 0.15) is 87.5 Å². The molecule has 0 fully saturated rings. The lowest BCUT2D eigenvalue weighted by Gasteiger charge is -2.14. The van der Waals surface area contributed by atoms with Gasteiger partial charge in [-0.15, -0.1) is 0 Å². The third-order valence-electron chi connectivity index (χ3n) is 5.25. The van der Waals surface area contributed by atoms with Gasteiger partial charge in [0, 0.05) is 9.79 Å². The minimum atomic E-state index is 1.21. The summed E-state index contributed by atoms with van der Waals surface area (Å²) in [5.74, 6) is 0. The van der Waals surface area contributed by atoms with Crippen LogP contribution in [0.25, 0.3) is 0 Å². The van der Waals surface area contributed by atoms with Gasteiger partial charge in [0.05, 0.1) is 0 Å². The van der Waals surface area contributed by atoms with Crippen LogP contribution in [0.3, 0.4) is 0 Å². The lowest BCUT2D eigenvalue weighted by Crippen LogP contribution is -1.94. The van der Waals surface area contributed by atoms with Crippen molar-refractivity contribution in [3.8, 4) is 0 Å². The highest BCUT2D eigenvalue weighted by Gasteiger charge is 2.09. The molecule has 0 spiro atoms. The Morgan fingerprint density at radius 3 is 1.44 bits per heavy atom. The van der Waals surface area contributed by atoms with Crippen LogP contribution in [0, 0.1) is 13.8 Å². The maximum absolute atomic E-state index is 2.41. The summed E-state index contributed by atoms with van der Waals surface area (Å²) in [5.41, 5.74) is 5.84. The first-order chi connectivity index (χ1) is 13.1. The Labute approximate surface area is 172 Å². The van der Waals surface area contributed by atoms with Crippen molar-refractivity contribution in [2.75, 3.05) is 0 Å². The van der Waals surface area contributed by atoms with E-state index in [0.717, 1.165) is 0 Å². The van der Waals surface area contributed by atoms with Crippen LogP contribution in [-0.4, -0.2) is 0 Å². The standard InChI is InChI=1S/C26H38S/c1-5-7-9-11-13-23-19-21(3)15-17-25(23)27-26-18-16-22(4)20-24(26)14-12-10-8-6-2/h15-20H,5-14H2,1-4H3. The van der Waals surface area contributed by atoms with Gasteiger partial charge in [0.15, 0.2) is 0 Å². The molecule has 0 unspecified atom stereocenters. The molecule has 1 heteroatoms. The molecule has 0 aromatic heterocycles. The van der Waals surface area contributed by atoms with E-state index >= 15 is 0 Å². The van der Waals surface area contributed by atoms with Crippen molar-refractivity contribution in [3.63, 3.8) is 0 Å². The lowest BCUT2D eigenvalue weighted by atomic mass is 10.0. The second-order valence-corrected chi connectivity index (χ2v) is 9.03. The molecule has 0 atom stereocenters. The molecule has 0 aliphatic carbocycles. The fraction of sp³-hybridized carbons (Fsp3) is 0.538. The van der Waals surface area contributed by atoms with Gasteiger partial charge in [-0.05, 0) is 62.8 Å². The smallest absolute Gasteiger partial charge is 0.0154 e. The normalized spacial score (nSPS) is 11.1.